The molecule has 0 aliphatic carbocycles. The van der Waals surface area contributed by atoms with Gasteiger partial charge in [-0.05, 0) is 56.3 Å². The lowest BCUT2D eigenvalue weighted by Crippen LogP contribution is -2.47. The summed E-state index contributed by atoms with van der Waals surface area (Å²) < 4.78 is 13.5. The number of fused-ring (bicyclic) bond motifs is 3. The third kappa shape index (κ3) is 4.47. The number of esters is 1. The minimum Gasteiger partial charge on any atom is -0.492 e. The molecule has 5 rings (SSSR count). The maximum Gasteiger partial charge on any atom is 0.344 e. The largest absolute Gasteiger partial charge is 0.492 e. The third-order valence-electron chi connectivity index (χ3n) is 7.16. The summed E-state index contributed by atoms with van der Waals surface area (Å²) in [4.78, 5) is 28.8. The highest BCUT2D eigenvalue weighted by Crippen LogP contribution is 2.37. The van der Waals surface area contributed by atoms with E-state index in [1.807, 2.05) is 68.4 Å². The van der Waals surface area contributed by atoms with Crippen LogP contribution in [0.25, 0.3) is 10.9 Å². The molecule has 3 aromatic rings. The van der Waals surface area contributed by atoms with Gasteiger partial charge in [-0.2, -0.15) is 0 Å². The molecule has 0 N–H and O–H groups in total. The molecule has 0 amide bonds. The van der Waals surface area contributed by atoms with Gasteiger partial charge in [0, 0.05) is 37.5 Å². The van der Waals surface area contributed by atoms with Crippen LogP contribution in [0.3, 0.4) is 0 Å². The molecule has 0 radical (unpaired) electrons. The van der Waals surface area contributed by atoms with Gasteiger partial charge >= 0.3 is 5.97 Å². The van der Waals surface area contributed by atoms with E-state index in [1.54, 1.807) is 10.6 Å². The number of ether oxygens (including phenoxy) is 2. The van der Waals surface area contributed by atoms with Gasteiger partial charge in [0.1, 0.15) is 24.0 Å². The molecule has 178 valence electrons. The number of hydrogen-bond donors (Lipinski definition) is 0. The minimum atomic E-state index is -0.504. The van der Waals surface area contributed by atoms with E-state index in [1.165, 1.54) is 0 Å². The zero-order valence-corrected chi connectivity index (χ0v) is 19.9. The van der Waals surface area contributed by atoms with Crippen LogP contribution in [0.2, 0.25) is 0 Å². The predicted octanol–water partition coefficient (Wildman–Crippen LogP) is 4.81. The van der Waals surface area contributed by atoms with Gasteiger partial charge in [-0.25, -0.2) is 4.79 Å². The molecule has 2 atom stereocenters. The van der Waals surface area contributed by atoms with Crippen LogP contribution in [0.4, 0.5) is 0 Å². The van der Waals surface area contributed by atoms with E-state index in [-0.39, 0.29) is 23.3 Å². The van der Waals surface area contributed by atoms with Gasteiger partial charge in [-0.15, -0.1) is 0 Å². The van der Waals surface area contributed by atoms with Crippen molar-refractivity contribution in [1.82, 2.24) is 9.47 Å². The number of carbonyl (C=O) groups excluding carboxylic acids is 1. The highest BCUT2D eigenvalue weighted by Gasteiger charge is 2.42. The second-order valence-electron chi connectivity index (χ2n) is 9.67. The summed E-state index contributed by atoms with van der Waals surface area (Å²) in [7, 11) is 0. The van der Waals surface area contributed by atoms with Crippen molar-refractivity contribution in [2.75, 3.05) is 13.2 Å². The maximum atomic E-state index is 13.2. The van der Waals surface area contributed by atoms with Crippen LogP contribution < -0.4 is 10.3 Å². The molecule has 2 fully saturated rings. The first-order chi connectivity index (χ1) is 16.5. The number of pyridine rings is 1. The van der Waals surface area contributed by atoms with Gasteiger partial charge in [0.2, 0.25) is 0 Å². The molecule has 6 nitrogen and oxygen atoms in total. The van der Waals surface area contributed by atoms with Crippen molar-refractivity contribution < 1.29 is 14.3 Å². The van der Waals surface area contributed by atoms with Gasteiger partial charge in [0.05, 0.1) is 5.52 Å². The Bertz CT molecular complexity index is 1210. The van der Waals surface area contributed by atoms with Crippen molar-refractivity contribution in [3.63, 3.8) is 0 Å². The Morgan fingerprint density at radius 2 is 1.68 bits per heavy atom. The molecule has 2 aliphatic rings. The van der Waals surface area contributed by atoms with E-state index < -0.39 is 5.97 Å². The molecule has 0 saturated carbocycles. The molecule has 2 unspecified atom stereocenters. The number of nitrogens with zero attached hydrogens (tertiary/aromatic N) is 2. The second-order valence-corrected chi connectivity index (χ2v) is 9.67. The molecule has 2 saturated heterocycles. The molecule has 0 spiro atoms. The van der Waals surface area contributed by atoms with Crippen LogP contribution in [0.1, 0.15) is 55.9 Å². The number of para-hydroxylation sites is 2. The van der Waals surface area contributed by atoms with Crippen LogP contribution >= 0.6 is 0 Å². The van der Waals surface area contributed by atoms with Crippen molar-refractivity contribution in [3.05, 3.63) is 76.6 Å². The lowest BCUT2D eigenvalue weighted by Gasteiger charge is -2.38. The Labute approximate surface area is 200 Å². The number of hydrogen-bond acceptors (Lipinski definition) is 5. The Kier molecular flexibility index (Phi) is 6.42. The standard InChI is InChI=1S/C28H32N2O4/c1-19(2)30-26-11-7-6-8-20(26)16-25(27(30)31)28(32)34-24-17-21-12-13-22(18-24)29(21)14-15-33-23-9-4-3-5-10-23/h3-11,16,19,21-22,24H,12-15,17-18H2,1-2H3. The van der Waals surface area contributed by atoms with E-state index in [2.05, 4.69) is 4.90 Å². The van der Waals surface area contributed by atoms with Crippen molar-refractivity contribution in [2.45, 2.75) is 63.8 Å². The zero-order valence-electron chi connectivity index (χ0n) is 19.9. The highest BCUT2D eigenvalue weighted by atomic mass is 16.5. The first kappa shape index (κ1) is 22.7. The van der Waals surface area contributed by atoms with Crippen LogP contribution in [0, 0.1) is 0 Å². The number of aromatic nitrogens is 1. The topological polar surface area (TPSA) is 60.8 Å². The zero-order chi connectivity index (χ0) is 23.7. The first-order valence-corrected chi connectivity index (χ1v) is 12.3. The first-order valence-electron chi connectivity index (χ1n) is 12.3. The SMILES string of the molecule is CC(C)n1c(=O)c(C(=O)OC2CC3CCC(C2)N3CCOc2ccccc2)cc2ccccc21. The normalized spacial score (nSPS) is 22.3. The van der Waals surface area contributed by atoms with E-state index in [0.717, 1.165) is 48.9 Å². The van der Waals surface area contributed by atoms with E-state index in [4.69, 9.17) is 9.47 Å². The lowest BCUT2D eigenvalue weighted by molar-refractivity contribution is -0.00859. The molecule has 2 bridgehead atoms. The van der Waals surface area contributed by atoms with Crippen molar-refractivity contribution >= 4 is 16.9 Å². The van der Waals surface area contributed by atoms with E-state index in [0.29, 0.717) is 18.7 Å². The fourth-order valence-corrected chi connectivity index (χ4v) is 5.63. The molecular weight excluding hydrogens is 428 g/mol. The summed E-state index contributed by atoms with van der Waals surface area (Å²) in [5, 5.41) is 0.871. The molecular formula is C28H32N2O4. The smallest absolute Gasteiger partial charge is 0.344 e. The fraction of sp³-hybridized carbons (Fsp3) is 0.429. The number of piperidine rings is 1. The summed E-state index contributed by atoms with van der Waals surface area (Å²) >= 11 is 0. The number of benzene rings is 2. The van der Waals surface area contributed by atoms with Gasteiger partial charge < -0.3 is 14.0 Å². The average Bonchev–Trinajstić information content (AvgIpc) is 3.06. The molecule has 3 heterocycles. The molecule has 2 aliphatic heterocycles. The van der Waals surface area contributed by atoms with Gasteiger partial charge in [0.15, 0.2) is 0 Å². The second kappa shape index (κ2) is 9.63. The van der Waals surface area contributed by atoms with Gasteiger partial charge in [-0.1, -0.05) is 36.4 Å². The monoisotopic (exact) mass is 460 g/mol. The summed E-state index contributed by atoms with van der Waals surface area (Å²) in [6.45, 7) is 5.43. The fourth-order valence-electron chi connectivity index (χ4n) is 5.63. The molecule has 6 heteroatoms. The maximum absolute atomic E-state index is 13.2. The Morgan fingerprint density at radius 1 is 1.00 bits per heavy atom. The lowest BCUT2D eigenvalue weighted by atomic mass is 9.99. The number of rotatable bonds is 7. The van der Waals surface area contributed by atoms with Gasteiger partial charge in [-0.3, -0.25) is 9.69 Å². The molecule has 34 heavy (non-hydrogen) atoms. The minimum absolute atomic E-state index is 0.0534. The molecule has 2 aromatic carbocycles. The average molecular weight is 461 g/mol. The summed E-state index contributed by atoms with van der Waals surface area (Å²) in [6, 6.07) is 20.0. The van der Waals surface area contributed by atoms with E-state index >= 15 is 0 Å². The summed E-state index contributed by atoms with van der Waals surface area (Å²) in [6.07, 6.45) is 3.68. The van der Waals surface area contributed by atoms with Crippen LogP contribution in [-0.4, -0.2) is 46.8 Å². The highest BCUT2D eigenvalue weighted by molar-refractivity contribution is 5.94. The quantitative estimate of drug-likeness (QED) is 0.474. The Hall–Kier alpha value is -3.12. The summed E-state index contributed by atoms with van der Waals surface area (Å²) in [5.41, 5.74) is 0.679. The van der Waals surface area contributed by atoms with Crippen molar-refractivity contribution in [2.24, 2.45) is 0 Å². The predicted molar refractivity (Wildman–Crippen MR) is 132 cm³/mol. The summed E-state index contributed by atoms with van der Waals surface area (Å²) in [5.74, 6) is 0.386. The molecule has 1 aromatic heterocycles. The van der Waals surface area contributed by atoms with Crippen molar-refractivity contribution in [3.8, 4) is 5.75 Å². The van der Waals surface area contributed by atoms with E-state index in [9.17, 15) is 9.59 Å². The van der Waals surface area contributed by atoms with Crippen LogP contribution in [0.5, 0.6) is 5.75 Å². The Balaban J connectivity index is 1.25. The van der Waals surface area contributed by atoms with Crippen LogP contribution in [-0.2, 0) is 4.74 Å². The Morgan fingerprint density at radius 3 is 2.38 bits per heavy atom. The van der Waals surface area contributed by atoms with Gasteiger partial charge in [0.25, 0.3) is 5.56 Å². The van der Waals surface area contributed by atoms with Crippen LogP contribution in [0.15, 0.2) is 65.5 Å². The third-order valence-corrected chi connectivity index (χ3v) is 7.16. The number of carbonyl (C=O) groups is 1. The van der Waals surface area contributed by atoms with Crippen molar-refractivity contribution in [1.29, 1.82) is 0 Å².